The molecule has 0 fully saturated rings. The van der Waals surface area contributed by atoms with Gasteiger partial charge in [0.2, 0.25) is 5.88 Å². The van der Waals surface area contributed by atoms with Crippen molar-refractivity contribution in [3.05, 3.63) is 30.7 Å². The molecular formula is C9H8N2O2. The summed E-state index contributed by atoms with van der Waals surface area (Å²) in [6.07, 6.45) is 3.18. The van der Waals surface area contributed by atoms with Crippen LogP contribution in [0.2, 0.25) is 0 Å². The molecule has 0 aliphatic heterocycles. The van der Waals surface area contributed by atoms with Crippen molar-refractivity contribution in [3.63, 3.8) is 0 Å². The summed E-state index contributed by atoms with van der Waals surface area (Å²) in [6.45, 7) is 0. The SMILES string of the molecule is COc1ncccc1-c1ccon1. The van der Waals surface area contributed by atoms with Crippen molar-refractivity contribution in [1.29, 1.82) is 0 Å². The molecule has 0 N–H and O–H groups in total. The summed E-state index contributed by atoms with van der Waals surface area (Å²) in [5.74, 6) is 0.552. The maximum Gasteiger partial charge on any atom is 0.222 e. The fourth-order valence-corrected chi connectivity index (χ4v) is 1.10. The highest BCUT2D eigenvalue weighted by Gasteiger charge is 2.07. The van der Waals surface area contributed by atoms with Crippen LogP contribution in [0.3, 0.4) is 0 Å². The molecule has 2 heterocycles. The van der Waals surface area contributed by atoms with Crippen molar-refractivity contribution >= 4 is 0 Å². The lowest BCUT2D eigenvalue weighted by molar-refractivity contribution is 0.397. The number of nitrogens with zero attached hydrogens (tertiary/aromatic N) is 2. The third kappa shape index (κ3) is 1.38. The number of hydrogen-bond acceptors (Lipinski definition) is 4. The van der Waals surface area contributed by atoms with Crippen LogP contribution in [0.25, 0.3) is 11.3 Å². The minimum atomic E-state index is 0.552. The molecule has 0 saturated heterocycles. The van der Waals surface area contributed by atoms with Crippen molar-refractivity contribution in [3.8, 4) is 17.1 Å². The Morgan fingerprint density at radius 1 is 1.38 bits per heavy atom. The van der Waals surface area contributed by atoms with E-state index in [4.69, 9.17) is 9.26 Å². The zero-order valence-corrected chi connectivity index (χ0v) is 7.10. The summed E-state index contributed by atoms with van der Waals surface area (Å²) in [7, 11) is 1.58. The van der Waals surface area contributed by atoms with Gasteiger partial charge in [-0.3, -0.25) is 0 Å². The second kappa shape index (κ2) is 3.26. The summed E-state index contributed by atoms with van der Waals surface area (Å²) in [4.78, 5) is 4.05. The topological polar surface area (TPSA) is 48.2 Å². The van der Waals surface area contributed by atoms with Gasteiger partial charge in [-0.15, -0.1) is 0 Å². The zero-order valence-electron chi connectivity index (χ0n) is 7.10. The van der Waals surface area contributed by atoms with Gasteiger partial charge in [0.05, 0.1) is 12.7 Å². The molecule has 0 aliphatic rings. The van der Waals surface area contributed by atoms with Gasteiger partial charge >= 0.3 is 0 Å². The van der Waals surface area contributed by atoms with Gasteiger partial charge in [0.15, 0.2) is 0 Å². The average Bonchev–Trinajstić information content (AvgIpc) is 2.70. The minimum Gasteiger partial charge on any atom is -0.481 e. The number of ether oxygens (including phenoxy) is 1. The van der Waals surface area contributed by atoms with E-state index in [1.807, 2.05) is 12.1 Å². The van der Waals surface area contributed by atoms with Crippen LogP contribution < -0.4 is 4.74 Å². The molecule has 4 heteroatoms. The van der Waals surface area contributed by atoms with Crippen LogP contribution in [0.5, 0.6) is 5.88 Å². The molecule has 2 aromatic heterocycles. The summed E-state index contributed by atoms with van der Waals surface area (Å²) >= 11 is 0. The Balaban J connectivity index is 2.51. The summed E-state index contributed by atoms with van der Waals surface area (Å²) in [6, 6.07) is 5.47. The van der Waals surface area contributed by atoms with Gasteiger partial charge in [0.1, 0.15) is 12.0 Å². The molecule has 2 rings (SSSR count). The first-order valence-corrected chi connectivity index (χ1v) is 3.81. The van der Waals surface area contributed by atoms with E-state index in [-0.39, 0.29) is 0 Å². The third-order valence-corrected chi connectivity index (χ3v) is 1.68. The average molecular weight is 176 g/mol. The van der Waals surface area contributed by atoms with Gasteiger partial charge in [-0.2, -0.15) is 0 Å². The highest BCUT2D eigenvalue weighted by molar-refractivity contribution is 5.63. The van der Waals surface area contributed by atoms with E-state index >= 15 is 0 Å². The fraction of sp³-hybridized carbons (Fsp3) is 0.111. The summed E-state index contributed by atoms with van der Waals surface area (Å²) in [5.41, 5.74) is 1.56. The van der Waals surface area contributed by atoms with Crippen LogP contribution >= 0.6 is 0 Å². The predicted octanol–water partition coefficient (Wildman–Crippen LogP) is 1.75. The predicted molar refractivity (Wildman–Crippen MR) is 46.3 cm³/mol. The smallest absolute Gasteiger partial charge is 0.222 e. The highest BCUT2D eigenvalue weighted by Crippen LogP contribution is 2.25. The lowest BCUT2D eigenvalue weighted by Crippen LogP contribution is -1.90. The number of aromatic nitrogens is 2. The number of rotatable bonds is 2. The van der Waals surface area contributed by atoms with E-state index in [9.17, 15) is 0 Å². The monoisotopic (exact) mass is 176 g/mol. The molecular weight excluding hydrogens is 168 g/mol. The second-order valence-corrected chi connectivity index (χ2v) is 2.44. The third-order valence-electron chi connectivity index (χ3n) is 1.68. The van der Waals surface area contributed by atoms with E-state index in [1.54, 1.807) is 19.4 Å². The van der Waals surface area contributed by atoms with Gasteiger partial charge in [0, 0.05) is 12.3 Å². The molecule has 0 amide bonds. The van der Waals surface area contributed by atoms with Crippen LogP contribution in [0.4, 0.5) is 0 Å². The Kier molecular flexibility index (Phi) is 1.96. The molecule has 0 saturated carbocycles. The first-order valence-electron chi connectivity index (χ1n) is 3.81. The van der Waals surface area contributed by atoms with Crippen molar-refractivity contribution in [2.24, 2.45) is 0 Å². The molecule has 0 aromatic carbocycles. The number of pyridine rings is 1. The van der Waals surface area contributed by atoms with Crippen LogP contribution in [-0.4, -0.2) is 17.3 Å². The van der Waals surface area contributed by atoms with E-state index in [0.717, 1.165) is 11.3 Å². The summed E-state index contributed by atoms with van der Waals surface area (Å²) < 4.78 is 9.81. The van der Waals surface area contributed by atoms with Gasteiger partial charge < -0.3 is 9.26 Å². The first kappa shape index (κ1) is 7.79. The lowest BCUT2D eigenvalue weighted by Gasteiger charge is -2.02. The molecule has 13 heavy (non-hydrogen) atoms. The molecule has 4 nitrogen and oxygen atoms in total. The molecule has 0 bridgehead atoms. The second-order valence-electron chi connectivity index (χ2n) is 2.44. The number of methoxy groups -OCH3 is 1. The molecule has 0 aliphatic carbocycles. The van der Waals surface area contributed by atoms with Gasteiger partial charge in [0.25, 0.3) is 0 Å². The Hall–Kier alpha value is -1.84. The Labute approximate surface area is 75.2 Å². The molecule has 0 unspecified atom stereocenters. The van der Waals surface area contributed by atoms with Crippen LogP contribution in [-0.2, 0) is 0 Å². The Bertz CT molecular complexity index is 384. The van der Waals surface area contributed by atoms with E-state index in [2.05, 4.69) is 10.1 Å². The molecule has 66 valence electrons. The van der Waals surface area contributed by atoms with Gasteiger partial charge in [-0.25, -0.2) is 4.98 Å². The molecule has 0 radical (unpaired) electrons. The Morgan fingerprint density at radius 2 is 2.31 bits per heavy atom. The normalized spacial score (nSPS) is 9.92. The molecule has 2 aromatic rings. The van der Waals surface area contributed by atoms with E-state index < -0.39 is 0 Å². The van der Waals surface area contributed by atoms with Crippen molar-refractivity contribution in [2.75, 3.05) is 7.11 Å². The lowest BCUT2D eigenvalue weighted by atomic mass is 10.2. The fourth-order valence-electron chi connectivity index (χ4n) is 1.10. The van der Waals surface area contributed by atoms with Crippen molar-refractivity contribution < 1.29 is 9.26 Å². The first-order chi connectivity index (χ1) is 6.42. The largest absolute Gasteiger partial charge is 0.481 e. The summed E-state index contributed by atoms with van der Waals surface area (Å²) in [5, 5.41) is 3.80. The van der Waals surface area contributed by atoms with Crippen molar-refractivity contribution in [2.45, 2.75) is 0 Å². The molecule has 0 spiro atoms. The zero-order chi connectivity index (χ0) is 9.10. The number of hydrogen-bond donors (Lipinski definition) is 0. The van der Waals surface area contributed by atoms with Gasteiger partial charge in [-0.05, 0) is 12.1 Å². The standard InChI is InChI=1S/C9H8N2O2/c1-12-9-7(3-2-5-10-9)8-4-6-13-11-8/h2-6H,1H3. The van der Waals surface area contributed by atoms with Crippen LogP contribution in [0, 0.1) is 0 Å². The molecule has 0 atom stereocenters. The van der Waals surface area contributed by atoms with Crippen LogP contribution in [0.15, 0.2) is 35.2 Å². The maximum absolute atomic E-state index is 5.08. The van der Waals surface area contributed by atoms with E-state index in [0.29, 0.717) is 5.88 Å². The van der Waals surface area contributed by atoms with Crippen molar-refractivity contribution in [1.82, 2.24) is 10.1 Å². The highest BCUT2D eigenvalue weighted by atomic mass is 16.5. The van der Waals surface area contributed by atoms with E-state index in [1.165, 1.54) is 6.26 Å². The maximum atomic E-state index is 5.08. The van der Waals surface area contributed by atoms with Crippen LogP contribution in [0.1, 0.15) is 0 Å². The quantitative estimate of drug-likeness (QED) is 0.699. The Morgan fingerprint density at radius 3 is 3.00 bits per heavy atom. The van der Waals surface area contributed by atoms with Gasteiger partial charge in [-0.1, -0.05) is 5.16 Å². The minimum absolute atomic E-state index is 0.552.